The molecule has 4 N–H and O–H groups in total. The Balaban J connectivity index is 1.80. The lowest BCUT2D eigenvalue weighted by atomic mass is 10.1. The first-order valence-corrected chi connectivity index (χ1v) is 10.9. The molecular weight excluding hydrogens is 424 g/mol. The van der Waals surface area contributed by atoms with Gasteiger partial charge in [0.1, 0.15) is 11.4 Å². The molecule has 0 bridgehead atoms. The third-order valence-electron chi connectivity index (χ3n) is 4.77. The number of carbonyl (C=O) groups excluding carboxylic acids is 1. The van der Waals surface area contributed by atoms with Gasteiger partial charge in [-0.05, 0) is 43.3 Å². The number of benzene rings is 1. The van der Waals surface area contributed by atoms with E-state index in [1.54, 1.807) is 18.4 Å². The second-order valence-electron chi connectivity index (χ2n) is 7.06. The van der Waals surface area contributed by atoms with Crippen molar-refractivity contribution in [3.05, 3.63) is 81.2 Å². The van der Waals surface area contributed by atoms with Crippen LogP contribution >= 0.6 is 11.3 Å². The molecule has 166 valence electrons. The maximum atomic E-state index is 12.8. The first kappa shape index (κ1) is 23.1. The van der Waals surface area contributed by atoms with Crippen molar-refractivity contribution in [1.82, 2.24) is 25.7 Å². The van der Waals surface area contributed by atoms with Gasteiger partial charge < -0.3 is 21.4 Å². The molecule has 0 saturated carbocycles. The van der Waals surface area contributed by atoms with Crippen LogP contribution in [0.15, 0.2) is 59.5 Å². The molecule has 0 fully saturated rings. The van der Waals surface area contributed by atoms with E-state index in [2.05, 4.69) is 39.2 Å². The molecule has 0 aliphatic heterocycles. The second-order valence-corrected chi connectivity index (χ2v) is 8.17. The van der Waals surface area contributed by atoms with E-state index in [0.717, 1.165) is 27.2 Å². The third kappa shape index (κ3) is 5.19. The Morgan fingerprint density at radius 1 is 1.19 bits per heavy atom. The molecule has 0 unspecified atom stereocenters. The van der Waals surface area contributed by atoms with Gasteiger partial charge >= 0.3 is 0 Å². The Bertz CT molecular complexity index is 1200. The van der Waals surface area contributed by atoms with Gasteiger partial charge in [0.05, 0.1) is 6.04 Å². The van der Waals surface area contributed by atoms with Gasteiger partial charge in [0.2, 0.25) is 0 Å². The van der Waals surface area contributed by atoms with Crippen LogP contribution < -0.4 is 21.5 Å². The van der Waals surface area contributed by atoms with E-state index in [9.17, 15) is 9.59 Å². The molecule has 3 aromatic rings. The smallest absolute Gasteiger partial charge is 0.272 e. The zero-order valence-corrected chi connectivity index (χ0v) is 19.0. The zero-order chi connectivity index (χ0) is 23.1. The highest BCUT2D eigenvalue weighted by Gasteiger charge is 2.17. The minimum absolute atomic E-state index is 0.0939. The van der Waals surface area contributed by atoms with Crippen LogP contribution in [0.2, 0.25) is 0 Å². The van der Waals surface area contributed by atoms with Crippen molar-refractivity contribution >= 4 is 29.2 Å². The topological polar surface area (TPSA) is 112 Å². The van der Waals surface area contributed by atoms with E-state index in [0.29, 0.717) is 0 Å². The number of rotatable bonds is 9. The maximum Gasteiger partial charge on any atom is 0.272 e. The van der Waals surface area contributed by atoms with Gasteiger partial charge in [-0.15, -0.1) is 11.3 Å². The van der Waals surface area contributed by atoms with Gasteiger partial charge in [0.25, 0.3) is 11.5 Å². The van der Waals surface area contributed by atoms with Gasteiger partial charge in [-0.25, -0.2) is 0 Å². The van der Waals surface area contributed by atoms with Crippen molar-refractivity contribution in [3.63, 3.8) is 0 Å². The lowest BCUT2D eigenvalue weighted by molar-refractivity contribution is 0.0933. The summed E-state index contributed by atoms with van der Waals surface area (Å²) in [6.07, 6.45) is 2.46. The van der Waals surface area contributed by atoms with Crippen LogP contribution in [-0.4, -0.2) is 36.0 Å². The number of hydrogen-bond donors (Lipinski definition) is 4. The number of thiophene rings is 1. The van der Waals surface area contributed by atoms with E-state index in [1.807, 2.05) is 32.2 Å². The monoisotopic (exact) mass is 450 g/mol. The number of carbonyl (C=O) groups is 1. The maximum absolute atomic E-state index is 12.8. The Morgan fingerprint density at radius 2 is 1.97 bits per heavy atom. The molecule has 0 saturated heterocycles. The summed E-state index contributed by atoms with van der Waals surface area (Å²) in [5.74, 6) is -0.398. The van der Waals surface area contributed by atoms with Gasteiger partial charge in [-0.1, -0.05) is 24.3 Å². The minimum Gasteiger partial charge on any atom is -0.392 e. The molecule has 2 aromatic heterocycles. The van der Waals surface area contributed by atoms with Crippen molar-refractivity contribution in [2.75, 3.05) is 14.1 Å². The summed E-state index contributed by atoms with van der Waals surface area (Å²) in [5, 5.41) is 20.5. The van der Waals surface area contributed by atoms with E-state index in [-0.39, 0.29) is 17.4 Å². The van der Waals surface area contributed by atoms with E-state index < -0.39 is 11.5 Å². The second kappa shape index (κ2) is 10.7. The molecular formula is C23H26N6O2S. The van der Waals surface area contributed by atoms with Crippen molar-refractivity contribution in [3.8, 4) is 10.4 Å². The van der Waals surface area contributed by atoms with Gasteiger partial charge in [-0.2, -0.15) is 9.78 Å². The standard InChI is InChI=1S/C23H26N6O2S/c1-15(20-9-10-21(32-20)18-7-5-4-6-16(18)13-25-2)27-23(31)19-8-11-22(30)29(28-19)17(12-24)14-26-3/h4-12,14-15,24-26H,13H2,1-3H3,(H,27,31)/b17-14+,24-12?/t15-/m1/s1. The van der Waals surface area contributed by atoms with Crippen molar-refractivity contribution < 1.29 is 4.79 Å². The minimum atomic E-state index is -0.428. The normalized spacial score (nSPS) is 12.3. The lowest BCUT2D eigenvalue weighted by Crippen LogP contribution is -2.31. The third-order valence-corrected chi connectivity index (χ3v) is 6.07. The first-order chi connectivity index (χ1) is 15.5. The number of allylic oxidation sites excluding steroid dienone is 1. The highest BCUT2D eigenvalue weighted by molar-refractivity contribution is 7.15. The summed E-state index contributed by atoms with van der Waals surface area (Å²) in [7, 11) is 3.57. The van der Waals surface area contributed by atoms with Crippen molar-refractivity contribution in [1.29, 1.82) is 5.41 Å². The van der Waals surface area contributed by atoms with Crippen LogP contribution in [0.3, 0.4) is 0 Å². The predicted octanol–water partition coefficient (Wildman–Crippen LogP) is 2.85. The Labute approximate surface area is 190 Å². The summed E-state index contributed by atoms with van der Waals surface area (Å²) < 4.78 is 1.02. The molecule has 0 aliphatic rings. The van der Waals surface area contributed by atoms with Crippen LogP contribution in [0, 0.1) is 5.41 Å². The average molecular weight is 451 g/mol. The highest BCUT2D eigenvalue weighted by atomic mass is 32.1. The molecule has 2 heterocycles. The molecule has 1 aromatic carbocycles. The molecule has 1 amide bonds. The Hall–Kier alpha value is -3.56. The number of aromatic nitrogens is 2. The number of nitrogens with zero attached hydrogens (tertiary/aromatic N) is 2. The molecule has 0 spiro atoms. The fraction of sp³-hybridized carbons (Fsp3) is 0.217. The van der Waals surface area contributed by atoms with Crippen LogP contribution in [0.1, 0.15) is 33.9 Å². The van der Waals surface area contributed by atoms with Gasteiger partial charge in [0.15, 0.2) is 0 Å². The van der Waals surface area contributed by atoms with Gasteiger partial charge in [-0.3, -0.25) is 9.59 Å². The summed E-state index contributed by atoms with van der Waals surface area (Å²) >= 11 is 1.63. The summed E-state index contributed by atoms with van der Waals surface area (Å²) in [6, 6.07) is 14.7. The van der Waals surface area contributed by atoms with E-state index in [4.69, 9.17) is 5.41 Å². The molecule has 8 nitrogen and oxygen atoms in total. The fourth-order valence-corrected chi connectivity index (χ4v) is 4.28. The first-order valence-electron chi connectivity index (χ1n) is 10.1. The van der Waals surface area contributed by atoms with Crippen molar-refractivity contribution in [2.45, 2.75) is 19.5 Å². The molecule has 3 rings (SSSR count). The number of nitrogens with one attached hydrogen (secondary N) is 4. The molecule has 0 aliphatic carbocycles. The quantitative estimate of drug-likeness (QED) is 0.375. The largest absolute Gasteiger partial charge is 0.392 e. The SMILES string of the molecule is CN/C=C(\C=N)n1nc(C(=O)N[C@H](C)c2ccc(-c3ccccc3CNC)s2)ccc1=O. The number of hydrogen-bond acceptors (Lipinski definition) is 7. The lowest BCUT2D eigenvalue weighted by Gasteiger charge is -2.13. The molecule has 0 radical (unpaired) electrons. The summed E-state index contributed by atoms with van der Waals surface area (Å²) in [4.78, 5) is 27.1. The average Bonchev–Trinajstić information content (AvgIpc) is 3.29. The van der Waals surface area contributed by atoms with Gasteiger partial charge in [0, 0.05) is 41.8 Å². The fourth-order valence-electron chi connectivity index (χ4n) is 3.21. The predicted molar refractivity (Wildman–Crippen MR) is 129 cm³/mol. The van der Waals surface area contributed by atoms with Crippen molar-refractivity contribution in [2.24, 2.45) is 0 Å². The summed E-state index contributed by atoms with van der Waals surface area (Å²) in [6.45, 7) is 2.68. The number of amides is 1. The highest BCUT2D eigenvalue weighted by Crippen LogP contribution is 2.33. The van der Waals surface area contributed by atoms with E-state index in [1.165, 1.54) is 29.5 Å². The Kier molecular flexibility index (Phi) is 7.69. The van der Waals surface area contributed by atoms with Crippen LogP contribution in [0.4, 0.5) is 0 Å². The molecule has 32 heavy (non-hydrogen) atoms. The zero-order valence-electron chi connectivity index (χ0n) is 18.2. The Morgan fingerprint density at radius 3 is 2.69 bits per heavy atom. The van der Waals surface area contributed by atoms with Crippen LogP contribution in [-0.2, 0) is 6.54 Å². The summed E-state index contributed by atoms with van der Waals surface area (Å²) in [5.41, 5.74) is 2.27. The van der Waals surface area contributed by atoms with Crippen LogP contribution in [0.25, 0.3) is 16.1 Å². The molecule has 1 atom stereocenters. The molecule has 9 heteroatoms. The van der Waals surface area contributed by atoms with E-state index >= 15 is 0 Å². The van der Waals surface area contributed by atoms with Crippen LogP contribution in [0.5, 0.6) is 0 Å².